The highest BCUT2D eigenvalue weighted by Crippen LogP contribution is 2.47. The Kier molecular flexibility index (Phi) is 4.15. The predicted octanol–water partition coefficient (Wildman–Crippen LogP) is 2.51. The van der Waals surface area contributed by atoms with E-state index in [0.29, 0.717) is 36.4 Å². The van der Waals surface area contributed by atoms with Crippen LogP contribution in [0, 0.1) is 11.8 Å². The quantitative estimate of drug-likeness (QED) is 0.875. The van der Waals surface area contributed by atoms with Gasteiger partial charge in [-0.3, -0.25) is 4.79 Å². The zero-order valence-corrected chi connectivity index (χ0v) is 12.8. The van der Waals surface area contributed by atoms with Crippen molar-refractivity contribution in [2.45, 2.75) is 32.7 Å². The predicted molar refractivity (Wildman–Crippen MR) is 82.6 cm³/mol. The zero-order valence-electron chi connectivity index (χ0n) is 12.8. The highest BCUT2D eigenvalue weighted by molar-refractivity contribution is 5.97. The molecule has 21 heavy (non-hydrogen) atoms. The fraction of sp³-hybridized carbons (Fsp3) is 0.588. The smallest absolute Gasteiger partial charge is 0.255 e. The Balaban J connectivity index is 1.88. The number of nitrogens with one attached hydrogen (secondary N) is 2. The molecule has 1 aliphatic heterocycles. The molecule has 0 spiro atoms. The van der Waals surface area contributed by atoms with Crippen LogP contribution < -0.4 is 15.4 Å². The van der Waals surface area contributed by atoms with Gasteiger partial charge < -0.3 is 15.4 Å². The van der Waals surface area contributed by atoms with Crippen molar-refractivity contribution in [1.82, 2.24) is 10.6 Å². The molecule has 3 unspecified atom stereocenters. The van der Waals surface area contributed by atoms with Gasteiger partial charge in [-0.05, 0) is 48.9 Å². The molecule has 1 fully saturated rings. The van der Waals surface area contributed by atoms with Gasteiger partial charge in [0.15, 0.2) is 0 Å². The minimum absolute atomic E-state index is 0.0255. The van der Waals surface area contributed by atoms with Crippen LogP contribution in [0.1, 0.15) is 48.7 Å². The van der Waals surface area contributed by atoms with Crippen LogP contribution >= 0.6 is 0 Å². The van der Waals surface area contributed by atoms with Crippen molar-refractivity contribution in [3.8, 4) is 5.75 Å². The van der Waals surface area contributed by atoms with E-state index in [1.54, 1.807) is 0 Å². The van der Waals surface area contributed by atoms with Gasteiger partial charge in [0.1, 0.15) is 12.4 Å². The summed E-state index contributed by atoms with van der Waals surface area (Å²) in [6, 6.07) is 6.41. The van der Waals surface area contributed by atoms with Crippen molar-refractivity contribution in [1.29, 1.82) is 0 Å². The van der Waals surface area contributed by atoms with Gasteiger partial charge in [-0.2, -0.15) is 0 Å². The van der Waals surface area contributed by atoms with E-state index < -0.39 is 0 Å². The maximum Gasteiger partial charge on any atom is 0.255 e. The third-order valence-electron chi connectivity index (χ3n) is 4.47. The van der Waals surface area contributed by atoms with Gasteiger partial charge in [-0.15, -0.1) is 0 Å². The fourth-order valence-electron chi connectivity index (χ4n) is 3.10. The van der Waals surface area contributed by atoms with Gasteiger partial charge in [-0.1, -0.05) is 19.9 Å². The summed E-state index contributed by atoms with van der Waals surface area (Å²) in [5.41, 5.74) is 1.87. The second kappa shape index (κ2) is 6.06. The van der Waals surface area contributed by atoms with Crippen LogP contribution in [0.15, 0.2) is 18.2 Å². The Hall–Kier alpha value is -1.55. The Morgan fingerprint density at radius 2 is 2.29 bits per heavy atom. The Morgan fingerprint density at radius 3 is 3.00 bits per heavy atom. The highest BCUT2D eigenvalue weighted by Gasteiger charge is 2.40. The average molecular weight is 288 g/mol. The highest BCUT2D eigenvalue weighted by atomic mass is 16.5. The van der Waals surface area contributed by atoms with Gasteiger partial charge in [0.2, 0.25) is 0 Å². The first kappa shape index (κ1) is 14.4. The van der Waals surface area contributed by atoms with Crippen molar-refractivity contribution >= 4 is 5.91 Å². The number of amides is 1. The third-order valence-corrected chi connectivity index (χ3v) is 4.47. The molecule has 4 heteroatoms. The van der Waals surface area contributed by atoms with E-state index in [2.05, 4.69) is 30.5 Å². The third kappa shape index (κ3) is 3.05. The SMILES string of the molecule is CCCNC(c1ccc2c(c1)C(=O)NCCO2)C1CC1C. The summed E-state index contributed by atoms with van der Waals surface area (Å²) in [6.07, 6.45) is 2.38. The minimum Gasteiger partial charge on any atom is -0.491 e. The Labute approximate surface area is 126 Å². The largest absolute Gasteiger partial charge is 0.491 e. The zero-order chi connectivity index (χ0) is 14.8. The molecule has 2 aliphatic rings. The number of rotatable bonds is 5. The number of hydrogen-bond donors (Lipinski definition) is 2. The van der Waals surface area contributed by atoms with E-state index in [9.17, 15) is 4.79 Å². The van der Waals surface area contributed by atoms with Gasteiger partial charge in [0, 0.05) is 6.04 Å². The number of ether oxygens (including phenoxy) is 1. The van der Waals surface area contributed by atoms with Crippen LogP contribution in [0.2, 0.25) is 0 Å². The number of hydrogen-bond acceptors (Lipinski definition) is 3. The van der Waals surface area contributed by atoms with Gasteiger partial charge in [0.25, 0.3) is 5.91 Å². The molecule has 0 saturated heterocycles. The van der Waals surface area contributed by atoms with E-state index in [1.165, 1.54) is 12.0 Å². The summed E-state index contributed by atoms with van der Waals surface area (Å²) in [4.78, 5) is 12.1. The first-order chi connectivity index (χ1) is 10.2. The molecule has 1 aromatic rings. The standard InChI is InChI=1S/C17H24N2O2/c1-3-6-18-16(13-9-11(13)2)12-4-5-15-14(10-12)17(20)19-7-8-21-15/h4-5,10-11,13,16,18H,3,6-9H2,1-2H3,(H,19,20). The molecular weight excluding hydrogens is 264 g/mol. The van der Waals surface area contributed by atoms with Crippen molar-refractivity contribution in [3.05, 3.63) is 29.3 Å². The lowest BCUT2D eigenvalue weighted by atomic mass is 9.98. The van der Waals surface area contributed by atoms with E-state index in [0.717, 1.165) is 18.9 Å². The summed E-state index contributed by atoms with van der Waals surface area (Å²) >= 11 is 0. The average Bonchev–Trinajstić information content (AvgIpc) is 3.23. The van der Waals surface area contributed by atoms with Crippen molar-refractivity contribution in [2.75, 3.05) is 19.7 Å². The van der Waals surface area contributed by atoms with Gasteiger partial charge >= 0.3 is 0 Å². The van der Waals surface area contributed by atoms with Gasteiger partial charge in [0.05, 0.1) is 12.1 Å². The lowest BCUT2D eigenvalue weighted by molar-refractivity contribution is 0.0957. The number of carbonyl (C=O) groups excluding carboxylic acids is 1. The second-order valence-corrected chi connectivity index (χ2v) is 6.17. The first-order valence-corrected chi connectivity index (χ1v) is 7.99. The molecule has 1 heterocycles. The summed E-state index contributed by atoms with van der Waals surface area (Å²) in [7, 11) is 0. The van der Waals surface area contributed by atoms with Crippen LogP contribution in [0.5, 0.6) is 5.75 Å². The van der Waals surface area contributed by atoms with Gasteiger partial charge in [-0.25, -0.2) is 0 Å². The topological polar surface area (TPSA) is 50.4 Å². The maximum atomic E-state index is 12.1. The molecule has 1 amide bonds. The lowest BCUT2D eigenvalue weighted by Crippen LogP contribution is -2.26. The summed E-state index contributed by atoms with van der Waals surface area (Å²) in [5, 5.41) is 6.52. The van der Waals surface area contributed by atoms with Crippen molar-refractivity contribution in [2.24, 2.45) is 11.8 Å². The summed E-state index contributed by atoms with van der Waals surface area (Å²) in [6.45, 7) is 6.59. The van der Waals surface area contributed by atoms with Crippen molar-refractivity contribution < 1.29 is 9.53 Å². The van der Waals surface area contributed by atoms with Crippen LogP contribution in [-0.4, -0.2) is 25.6 Å². The molecule has 3 rings (SSSR count). The van der Waals surface area contributed by atoms with Crippen LogP contribution in [-0.2, 0) is 0 Å². The molecule has 2 N–H and O–H groups in total. The molecule has 0 bridgehead atoms. The fourth-order valence-corrected chi connectivity index (χ4v) is 3.10. The van der Waals surface area contributed by atoms with Crippen molar-refractivity contribution in [3.63, 3.8) is 0 Å². The summed E-state index contributed by atoms with van der Waals surface area (Å²) in [5.74, 6) is 2.13. The molecule has 1 aliphatic carbocycles. The maximum absolute atomic E-state index is 12.1. The van der Waals surface area contributed by atoms with E-state index in [-0.39, 0.29) is 5.91 Å². The number of carbonyl (C=O) groups is 1. The van der Waals surface area contributed by atoms with E-state index in [4.69, 9.17) is 4.74 Å². The normalized spacial score (nSPS) is 25.3. The monoisotopic (exact) mass is 288 g/mol. The Bertz CT molecular complexity index is 530. The van der Waals surface area contributed by atoms with E-state index >= 15 is 0 Å². The van der Waals surface area contributed by atoms with Crippen LogP contribution in [0.4, 0.5) is 0 Å². The summed E-state index contributed by atoms with van der Waals surface area (Å²) < 4.78 is 5.63. The molecule has 1 aromatic carbocycles. The first-order valence-electron chi connectivity index (χ1n) is 7.99. The molecule has 4 nitrogen and oxygen atoms in total. The lowest BCUT2D eigenvalue weighted by Gasteiger charge is -2.20. The number of fused-ring (bicyclic) bond motifs is 1. The van der Waals surface area contributed by atoms with Crippen LogP contribution in [0.3, 0.4) is 0 Å². The molecule has 0 radical (unpaired) electrons. The molecule has 114 valence electrons. The molecular formula is C17H24N2O2. The molecule has 1 saturated carbocycles. The minimum atomic E-state index is -0.0255. The second-order valence-electron chi connectivity index (χ2n) is 6.17. The molecule has 3 atom stereocenters. The molecule has 0 aromatic heterocycles. The number of benzene rings is 1. The van der Waals surface area contributed by atoms with E-state index in [1.807, 2.05) is 12.1 Å². The van der Waals surface area contributed by atoms with Crippen LogP contribution in [0.25, 0.3) is 0 Å². The Morgan fingerprint density at radius 1 is 1.48 bits per heavy atom.